The summed E-state index contributed by atoms with van der Waals surface area (Å²) in [4.78, 5) is 30.7. The monoisotopic (exact) mass is 410 g/mol. The molecular weight excluding hydrogens is 384 g/mol. The number of anilines is 3. The third-order valence-corrected chi connectivity index (χ3v) is 5.33. The van der Waals surface area contributed by atoms with E-state index in [1.807, 2.05) is 48.5 Å². The number of carbonyl (C=O) groups is 2. The van der Waals surface area contributed by atoms with Crippen LogP contribution in [-0.2, 0) is 9.53 Å². The van der Waals surface area contributed by atoms with Gasteiger partial charge in [-0.1, -0.05) is 12.1 Å². The molecule has 8 nitrogen and oxygen atoms in total. The fourth-order valence-electron chi connectivity index (χ4n) is 3.76. The molecule has 0 unspecified atom stereocenters. The SMILES string of the molecule is COc1ccccc1N1CCN(CC(=O)Nc2ccc(N3CCOCC3)cc2)C1=O. The fourth-order valence-corrected chi connectivity index (χ4v) is 3.76. The highest BCUT2D eigenvalue weighted by Crippen LogP contribution is 2.30. The van der Waals surface area contributed by atoms with Crippen molar-refractivity contribution < 1.29 is 19.1 Å². The average Bonchev–Trinajstić information content (AvgIpc) is 3.14. The molecule has 158 valence electrons. The van der Waals surface area contributed by atoms with E-state index in [9.17, 15) is 9.59 Å². The van der Waals surface area contributed by atoms with Crippen molar-refractivity contribution in [2.45, 2.75) is 0 Å². The van der Waals surface area contributed by atoms with Crippen LogP contribution < -0.4 is 19.9 Å². The first-order valence-electron chi connectivity index (χ1n) is 10.1. The zero-order valence-electron chi connectivity index (χ0n) is 17.0. The summed E-state index contributed by atoms with van der Waals surface area (Å²) in [5, 5.41) is 2.88. The van der Waals surface area contributed by atoms with Crippen LogP contribution in [0.3, 0.4) is 0 Å². The predicted octanol–water partition coefficient (Wildman–Crippen LogP) is 2.41. The Morgan fingerprint density at radius 3 is 2.50 bits per heavy atom. The standard InChI is InChI=1S/C22H26N4O4/c1-29-20-5-3-2-4-19(20)26-11-10-25(22(26)28)16-21(27)23-17-6-8-18(9-7-17)24-12-14-30-15-13-24/h2-9H,10-16H2,1H3,(H,23,27). The predicted molar refractivity (Wildman–Crippen MR) is 115 cm³/mol. The molecule has 0 atom stereocenters. The van der Waals surface area contributed by atoms with Gasteiger partial charge in [0.2, 0.25) is 5.91 Å². The van der Waals surface area contributed by atoms with Crippen molar-refractivity contribution in [1.82, 2.24) is 4.90 Å². The minimum absolute atomic E-state index is 0.00962. The van der Waals surface area contributed by atoms with E-state index < -0.39 is 0 Å². The van der Waals surface area contributed by atoms with E-state index in [0.29, 0.717) is 30.2 Å². The second-order valence-corrected chi connectivity index (χ2v) is 7.22. The Labute approximate surface area is 176 Å². The maximum absolute atomic E-state index is 12.8. The lowest BCUT2D eigenvalue weighted by Crippen LogP contribution is -2.37. The molecule has 4 rings (SSSR count). The van der Waals surface area contributed by atoms with Crippen molar-refractivity contribution in [3.05, 3.63) is 48.5 Å². The summed E-state index contributed by atoms with van der Waals surface area (Å²) >= 11 is 0. The number of methoxy groups -OCH3 is 1. The van der Waals surface area contributed by atoms with E-state index in [0.717, 1.165) is 32.0 Å². The lowest BCUT2D eigenvalue weighted by Gasteiger charge is -2.28. The maximum Gasteiger partial charge on any atom is 0.325 e. The van der Waals surface area contributed by atoms with Gasteiger partial charge >= 0.3 is 6.03 Å². The minimum Gasteiger partial charge on any atom is -0.495 e. The number of para-hydroxylation sites is 2. The number of nitrogens with zero attached hydrogens (tertiary/aromatic N) is 3. The van der Waals surface area contributed by atoms with Crippen molar-refractivity contribution in [1.29, 1.82) is 0 Å². The Kier molecular flexibility index (Phi) is 6.04. The Morgan fingerprint density at radius 2 is 1.77 bits per heavy atom. The van der Waals surface area contributed by atoms with Crippen LogP contribution in [0.15, 0.2) is 48.5 Å². The topological polar surface area (TPSA) is 74.3 Å². The van der Waals surface area contributed by atoms with Crippen LogP contribution in [0.1, 0.15) is 0 Å². The molecule has 2 aromatic carbocycles. The van der Waals surface area contributed by atoms with Crippen molar-refractivity contribution in [3.63, 3.8) is 0 Å². The smallest absolute Gasteiger partial charge is 0.325 e. The third kappa shape index (κ3) is 4.33. The van der Waals surface area contributed by atoms with E-state index >= 15 is 0 Å². The molecule has 0 aromatic heterocycles. The summed E-state index contributed by atoms with van der Waals surface area (Å²) in [5.41, 5.74) is 2.54. The van der Waals surface area contributed by atoms with E-state index in [2.05, 4.69) is 10.2 Å². The molecule has 2 saturated heterocycles. The first kappa shape index (κ1) is 20.0. The lowest BCUT2D eigenvalue weighted by atomic mass is 10.2. The zero-order valence-corrected chi connectivity index (χ0v) is 17.0. The van der Waals surface area contributed by atoms with E-state index in [-0.39, 0.29) is 18.5 Å². The molecule has 3 amide bonds. The molecule has 0 bridgehead atoms. The van der Waals surface area contributed by atoms with Gasteiger partial charge in [0.25, 0.3) is 0 Å². The van der Waals surface area contributed by atoms with E-state index in [4.69, 9.17) is 9.47 Å². The largest absolute Gasteiger partial charge is 0.495 e. The van der Waals surface area contributed by atoms with Crippen molar-refractivity contribution in [2.24, 2.45) is 0 Å². The van der Waals surface area contributed by atoms with Gasteiger partial charge in [-0.15, -0.1) is 0 Å². The molecule has 2 aliphatic heterocycles. The number of benzene rings is 2. The molecule has 0 radical (unpaired) electrons. The summed E-state index contributed by atoms with van der Waals surface area (Å²) in [6.45, 7) is 4.20. The molecule has 8 heteroatoms. The molecule has 0 saturated carbocycles. The molecule has 1 N–H and O–H groups in total. The first-order valence-corrected chi connectivity index (χ1v) is 10.1. The van der Waals surface area contributed by atoms with Gasteiger partial charge in [0.05, 0.1) is 26.0 Å². The number of nitrogens with one attached hydrogen (secondary N) is 1. The van der Waals surface area contributed by atoms with Crippen LogP contribution in [0.2, 0.25) is 0 Å². The molecular formula is C22H26N4O4. The van der Waals surface area contributed by atoms with Gasteiger partial charge in [-0.2, -0.15) is 0 Å². The van der Waals surface area contributed by atoms with Gasteiger partial charge < -0.3 is 24.6 Å². The highest BCUT2D eigenvalue weighted by Gasteiger charge is 2.32. The van der Waals surface area contributed by atoms with Crippen molar-refractivity contribution in [2.75, 3.05) is 68.2 Å². The normalized spacial score (nSPS) is 16.7. The number of hydrogen-bond donors (Lipinski definition) is 1. The molecule has 2 heterocycles. The van der Waals surface area contributed by atoms with Crippen LogP contribution in [0.5, 0.6) is 5.75 Å². The first-order chi connectivity index (χ1) is 14.7. The Bertz CT molecular complexity index is 896. The number of urea groups is 1. The number of morpholine rings is 1. The van der Waals surface area contributed by atoms with Gasteiger partial charge in [-0.05, 0) is 36.4 Å². The van der Waals surface area contributed by atoms with Crippen molar-refractivity contribution >= 4 is 29.0 Å². The van der Waals surface area contributed by atoms with Gasteiger partial charge in [0, 0.05) is 37.6 Å². The lowest BCUT2D eigenvalue weighted by molar-refractivity contribution is -0.116. The molecule has 2 aromatic rings. The Balaban J connectivity index is 1.33. The quantitative estimate of drug-likeness (QED) is 0.792. The summed E-state index contributed by atoms with van der Waals surface area (Å²) in [6, 6.07) is 14.9. The summed E-state index contributed by atoms with van der Waals surface area (Å²) < 4.78 is 10.7. The number of ether oxygens (including phenoxy) is 2. The molecule has 2 fully saturated rings. The van der Waals surface area contributed by atoms with Gasteiger partial charge in [-0.25, -0.2) is 4.79 Å². The van der Waals surface area contributed by atoms with Gasteiger partial charge in [0.1, 0.15) is 12.3 Å². The fraction of sp³-hybridized carbons (Fsp3) is 0.364. The van der Waals surface area contributed by atoms with Gasteiger partial charge in [0.15, 0.2) is 0 Å². The second kappa shape index (κ2) is 9.04. The van der Waals surface area contributed by atoms with E-state index in [1.54, 1.807) is 16.9 Å². The van der Waals surface area contributed by atoms with Crippen molar-refractivity contribution in [3.8, 4) is 5.75 Å². The van der Waals surface area contributed by atoms with Gasteiger partial charge in [-0.3, -0.25) is 9.69 Å². The highest BCUT2D eigenvalue weighted by atomic mass is 16.5. The molecule has 30 heavy (non-hydrogen) atoms. The Hall–Kier alpha value is -3.26. The minimum atomic E-state index is -0.218. The molecule has 2 aliphatic rings. The van der Waals surface area contributed by atoms with Crippen LogP contribution in [-0.4, -0.2) is 69.9 Å². The molecule has 0 aliphatic carbocycles. The van der Waals surface area contributed by atoms with Crippen LogP contribution in [0.4, 0.5) is 21.9 Å². The van der Waals surface area contributed by atoms with Crippen LogP contribution in [0, 0.1) is 0 Å². The Morgan fingerprint density at radius 1 is 1.03 bits per heavy atom. The molecule has 0 spiro atoms. The number of hydrogen-bond acceptors (Lipinski definition) is 5. The maximum atomic E-state index is 12.8. The third-order valence-electron chi connectivity index (χ3n) is 5.33. The van der Waals surface area contributed by atoms with E-state index in [1.165, 1.54) is 0 Å². The summed E-state index contributed by atoms with van der Waals surface area (Å²) in [5.74, 6) is 0.418. The summed E-state index contributed by atoms with van der Waals surface area (Å²) in [6.07, 6.45) is 0. The number of carbonyl (C=O) groups excluding carboxylic acids is 2. The summed E-state index contributed by atoms with van der Waals surface area (Å²) in [7, 11) is 1.58. The highest BCUT2D eigenvalue weighted by molar-refractivity contribution is 6.00. The zero-order chi connectivity index (χ0) is 20.9. The van der Waals surface area contributed by atoms with Crippen LogP contribution in [0.25, 0.3) is 0 Å². The number of amides is 3. The number of rotatable bonds is 6. The van der Waals surface area contributed by atoms with Crippen LogP contribution >= 0.6 is 0 Å². The second-order valence-electron chi connectivity index (χ2n) is 7.22. The average molecular weight is 410 g/mol.